The molecule has 1 aromatic rings. The van der Waals surface area contributed by atoms with Crippen molar-refractivity contribution in [2.75, 3.05) is 0 Å². The number of aryl methyl sites for hydroxylation is 1. The number of hydrogen-bond acceptors (Lipinski definition) is 3. The summed E-state index contributed by atoms with van der Waals surface area (Å²) >= 11 is 4.63. The number of hydrogen-bond donors (Lipinski definition) is 2. The van der Waals surface area contributed by atoms with Gasteiger partial charge in [-0.25, -0.2) is 9.48 Å². The van der Waals surface area contributed by atoms with Crippen LogP contribution in [0.15, 0.2) is 6.07 Å². The maximum Gasteiger partial charge on any atom is 0.356 e. The fourth-order valence-electron chi connectivity index (χ4n) is 0.802. The Hall–Kier alpha value is -1.43. The summed E-state index contributed by atoms with van der Waals surface area (Å²) in [5, 5.41) is 12.2. The lowest BCUT2D eigenvalue weighted by atomic mass is 10.4. The summed E-state index contributed by atoms with van der Waals surface area (Å²) in [7, 11) is 0. The van der Waals surface area contributed by atoms with Crippen LogP contribution in [0.5, 0.6) is 0 Å². The number of carbonyl (C=O) groups is 1. The van der Waals surface area contributed by atoms with Crippen LogP contribution >= 0.6 is 12.2 Å². The van der Waals surface area contributed by atoms with E-state index in [-0.39, 0.29) is 10.8 Å². The lowest BCUT2D eigenvalue weighted by molar-refractivity contribution is 0.0690. The van der Waals surface area contributed by atoms with Crippen LogP contribution in [-0.2, 0) is 0 Å². The van der Waals surface area contributed by atoms with Crippen LogP contribution in [0.25, 0.3) is 0 Å². The molecule has 3 N–H and O–H groups in total. The molecule has 0 aliphatic carbocycles. The molecule has 1 rings (SSSR count). The Morgan fingerprint density at radius 3 is 2.67 bits per heavy atom. The average molecular weight is 185 g/mol. The van der Waals surface area contributed by atoms with E-state index < -0.39 is 5.97 Å². The molecule has 0 spiro atoms. The monoisotopic (exact) mass is 185 g/mol. The zero-order valence-electron chi connectivity index (χ0n) is 6.31. The van der Waals surface area contributed by atoms with Gasteiger partial charge >= 0.3 is 5.97 Å². The topological polar surface area (TPSA) is 81.1 Å². The summed E-state index contributed by atoms with van der Waals surface area (Å²) in [6, 6.07) is 1.40. The fraction of sp³-hybridized carbons (Fsp3) is 0.167. The SMILES string of the molecule is Cc1cc(C(=O)O)nn1C(N)=S. The normalized spacial score (nSPS) is 9.75. The van der Waals surface area contributed by atoms with Crippen molar-refractivity contribution in [3.63, 3.8) is 0 Å². The molecule has 0 radical (unpaired) electrons. The lowest BCUT2D eigenvalue weighted by Gasteiger charge is -1.97. The van der Waals surface area contributed by atoms with Gasteiger partial charge in [0.1, 0.15) is 0 Å². The summed E-state index contributed by atoms with van der Waals surface area (Å²) in [6.45, 7) is 1.68. The third kappa shape index (κ3) is 1.42. The first-order chi connectivity index (χ1) is 5.52. The van der Waals surface area contributed by atoms with E-state index in [4.69, 9.17) is 10.8 Å². The predicted octanol–water partition coefficient (Wildman–Crippen LogP) is -0.0186. The van der Waals surface area contributed by atoms with Crippen molar-refractivity contribution in [1.82, 2.24) is 9.78 Å². The highest BCUT2D eigenvalue weighted by atomic mass is 32.1. The van der Waals surface area contributed by atoms with Crippen LogP contribution in [0, 0.1) is 6.92 Å². The van der Waals surface area contributed by atoms with Crippen molar-refractivity contribution in [3.05, 3.63) is 17.5 Å². The van der Waals surface area contributed by atoms with Crippen molar-refractivity contribution in [1.29, 1.82) is 0 Å². The molecule has 6 heteroatoms. The van der Waals surface area contributed by atoms with Gasteiger partial charge < -0.3 is 10.8 Å². The molecule has 0 unspecified atom stereocenters. The van der Waals surface area contributed by atoms with Gasteiger partial charge in [-0.2, -0.15) is 5.10 Å². The van der Waals surface area contributed by atoms with E-state index in [1.807, 2.05) is 0 Å². The number of rotatable bonds is 1. The quantitative estimate of drug-likeness (QED) is 0.601. The molecule has 0 fully saturated rings. The van der Waals surface area contributed by atoms with Crippen LogP contribution < -0.4 is 5.73 Å². The average Bonchev–Trinajstić information content (AvgIpc) is 2.30. The second kappa shape index (κ2) is 2.90. The summed E-state index contributed by atoms with van der Waals surface area (Å²) < 4.78 is 1.21. The maximum absolute atomic E-state index is 10.4. The Morgan fingerprint density at radius 1 is 1.83 bits per heavy atom. The number of aromatic carboxylic acids is 1. The summed E-state index contributed by atoms with van der Waals surface area (Å²) in [5.74, 6) is -1.09. The lowest BCUT2D eigenvalue weighted by Crippen LogP contribution is -2.21. The second-order valence-electron chi connectivity index (χ2n) is 2.23. The summed E-state index contributed by atoms with van der Waals surface area (Å²) in [5.41, 5.74) is 5.82. The number of carboxylic acids is 1. The Morgan fingerprint density at radius 2 is 2.42 bits per heavy atom. The molecule has 0 amide bonds. The number of aromatic nitrogens is 2. The van der Waals surface area contributed by atoms with Gasteiger partial charge in [0.15, 0.2) is 10.8 Å². The summed E-state index contributed by atoms with van der Waals surface area (Å²) in [4.78, 5) is 10.4. The zero-order valence-corrected chi connectivity index (χ0v) is 7.13. The van der Waals surface area contributed by atoms with E-state index >= 15 is 0 Å². The largest absolute Gasteiger partial charge is 0.476 e. The first kappa shape index (κ1) is 8.66. The van der Waals surface area contributed by atoms with E-state index in [1.54, 1.807) is 6.92 Å². The Balaban J connectivity index is 3.17. The number of nitrogens with zero attached hydrogens (tertiary/aromatic N) is 2. The molecule has 1 heterocycles. The standard InChI is InChI=1S/C6H7N3O2S/c1-3-2-4(5(10)11)8-9(3)6(7)12/h2H,1H3,(H2,7,12)(H,10,11). The molecule has 0 atom stereocenters. The second-order valence-corrected chi connectivity index (χ2v) is 2.64. The van der Waals surface area contributed by atoms with E-state index in [0.717, 1.165) is 0 Å². The molecule has 0 saturated carbocycles. The van der Waals surface area contributed by atoms with Crippen LogP contribution in [-0.4, -0.2) is 26.0 Å². The Kier molecular flexibility index (Phi) is 2.09. The van der Waals surface area contributed by atoms with E-state index in [9.17, 15) is 4.79 Å². The molecule has 12 heavy (non-hydrogen) atoms. The van der Waals surface area contributed by atoms with Crippen LogP contribution in [0.1, 0.15) is 16.2 Å². The van der Waals surface area contributed by atoms with Gasteiger partial charge in [-0.05, 0) is 25.2 Å². The minimum absolute atomic E-state index is 0.0417. The Labute approximate surface area is 73.8 Å². The van der Waals surface area contributed by atoms with Crippen molar-refractivity contribution < 1.29 is 9.90 Å². The smallest absolute Gasteiger partial charge is 0.356 e. The molecular weight excluding hydrogens is 178 g/mol. The zero-order chi connectivity index (χ0) is 9.30. The predicted molar refractivity (Wildman–Crippen MR) is 46.1 cm³/mol. The number of carboxylic acid groups (broad SMARTS) is 1. The fourth-order valence-corrected chi connectivity index (χ4v) is 0.987. The third-order valence-electron chi connectivity index (χ3n) is 1.32. The van der Waals surface area contributed by atoms with Crippen LogP contribution in [0.2, 0.25) is 0 Å². The minimum atomic E-state index is -1.09. The highest BCUT2D eigenvalue weighted by Gasteiger charge is 2.10. The van der Waals surface area contributed by atoms with Crippen molar-refractivity contribution in [2.45, 2.75) is 6.92 Å². The Bertz CT molecular complexity index is 345. The van der Waals surface area contributed by atoms with Gasteiger partial charge in [-0.3, -0.25) is 0 Å². The minimum Gasteiger partial charge on any atom is -0.476 e. The number of thiocarbonyl (C=S) groups is 1. The molecular formula is C6H7N3O2S. The first-order valence-corrected chi connectivity index (χ1v) is 3.53. The van der Waals surface area contributed by atoms with Gasteiger partial charge in [-0.15, -0.1) is 0 Å². The summed E-state index contributed by atoms with van der Waals surface area (Å²) in [6.07, 6.45) is 0. The van der Waals surface area contributed by atoms with Crippen molar-refractivity contribution >= 4 is 23.3 Å². The highest BCUT2D eigenvalue weighted by Crippen LogP contribution is 2.01. The van der Waals surface area contributed by atoms with Gasteiger partial charge in [-0.1, -0.05) is 0 Å². The molecule has 0 aliphatic rings. The van der Waals surface area contributed by atoms with E-state index in [2.05, 4.69) is 17.3 Å². The molecule has 0 aromatic carbocycles. The number of nitrogens with two attached hydrogens (primary N) is 1. The van der Waals surface area contributed by atoms with E-state index in [0.29, 0.717) is 5.69 Å². The van der Waals surface area contributed by atoms with Crippen LogP contribution in [0.3, 0.4) is 0 Å². The van der Waals surface area contributed by atoms with Gasteiger partial charge in [0.25, 0.3) is 0 Å². The van der Waals surface area contributed by atoms with Crippen LogP contribution in [0.4, 0.5) is 0 Å². The molecule has 0 saturated heterocycles. The first-order valence-electron chi connectivity index (χ1n) is 3.12. The third-order valence-corrected chi connectivity index (χ3v) is 1.49. The molecule has 0 aliphatic heterocycles. The van der Waals surface area contributed by atoms with Crippen molar-refractivity contribution in [2.24, 2.45) is 5.73 Å². The van der Waals surface area contributed by atoms with Gasteiger partial charge in [0, 0.05) is 5.69 Å². The molecule has 0 bridgehead atoms. The highest BCUT2D eigenvalue weighted by molar-refractivity contribution is 7.80. The van der Waals surface area contributed by atoms with Gasteiger partial charge in [0.2, 0.25) is 0 Å². The van der Waals surface area contributed by atoms with E-state index in [1.165, 1.54) is 10.7 Å². The van der Waals surface area contributed by atoms with Gasteiger partial charge in [0.05, 0.1) is 0 Å². The molecule has 64 valence electrons. The molecule has 1 aromatic heterocycles. The molecule has 5 nitrogen and oxygen atoms in total. The maximum atomic E-state index is 10.4. The van der Waals surface area contributed by atoms with Crippen molar-refractivity contribution in [3.8, 4) is 0 Å².